The molecule has 0 atom stereocenters. The summed E-state index contributed by atoms with van der Waals surface area (Å²) in [5.41, 5.74) is 2.47. The molecule has 2 N–H and O–H groups in total. The number of rotatable bonds is 2. The second kappa shape index (κ2) is 11.4. The van der Waals surface area contributed by atoms with Crippen LogP contribution >= 0.6 is 0 Å². The van der Waals surface area contributed by atoms with Crippen molar-refractivity contribution in [3.8, 4) is 0 Å². The molecule has 0 aliphatic rings. The molecule has 22 heavy (non-hydrogen) atoms. The van der Waals surface area contributed by atoms with Crippen LogP contribution in [-0.2, 0) is 0 Å². The summed E-state index contributed by atoms with van der Waals surface area (Å²) in [5, 5.41) is 27.3. The van der Waals surface area contributed by atoms with Gasteiger partial charge in [0.2, 0.25) is 0 Å². The second-order valence-corrected chi connectivity index (χ2v) is 3.63. The smallest absolute Gasteiger partial charge is 0.291 e. The third kappa shape index (κ3) is 13.0. The molecule has 0 aliphatic carbocycles. The Morgan fingerprint density at radius 1 is 0.682 bits per heavy atom. The average molecular weight is 306 g/mol. The molecule has 2 aromatic carbocycles. The molecule has 0 aliphatic heterocycles. The van der Waals surface area contributed by atoms with Crippen LogP contribution in [0.3, 0.4) is 0 Å². The summed E-state index contributed by atoms with van der Waals surface area (Å²) in [6, 6.07) is 20.6. The summed E-state index contributed by atoms with van der Waals surface area (Å²) in [7, 11) is 0. The highest BCUT2D eigenvalue weighted by Crippen LogP contribution is 2.06. The van der Waals surface area contributed by atoms with E-state index in [2.05, 4.69) is 36.4 Å². The van der Waals surface area contributed by atoms with Gasteiger partial charge in [0.1, 0.15) is 0 Å². The maximum Gasteiger partial charge on any atom is 0.291 e. The van der Waals surface area contributed by atoms with Crippen LogP contribution in [-0.4, -0.2) is 20.6 Å². The van der Waals surface area contributed by atoms with Gasteiger partial charge in [-0.15, -0.1) is 20.2 Å². The third-order valence-electron chi connectivity index (χ3n) is 2.07. The molecule has 0 bridgehead atoms. The van der Waals surface area contributed by atoms with E-state index in [1.165, 1.54) is 11.1 Å². The van der Waals surface area contributed by atoms with Crippen LogP contribution in [0.5, 0.6) is 0 Å². The van der Waals surface area contributed by atoms with E-state index in [1.807, 2.05) is 36.4 Å². The topological polar surface area (TPSA) is 127 Å². The monoisotopic (exact) mass is 306 g/mol. The van der Waals surface area contributed by atoms with Gasteiger partial charge in [-0.05, 0) is 11.1 Å². The predicted octanol–water partition coefficient (Wildman–Crippen LogP) is 3.16. The fourth-order valence-electron chi connectivity index (χ4n) is 1.32. The lowest BCUT2D eigenvalue weighted by Gasteiger charge is -1.92. The normalized spacial score (nSPS) is 8.91. The van der Waals surface area contributed by atoms with Crippen molar-refractivity contribution in [2.24, 2.45) is 0 Å². The summed E-state index contributed by atoms with van der Waals surface area (Å²) in [6.45, 7) is 0. The molecule has 8 nitrogen and oxygen atoms in total. The van der Waals surface area contributed by atoms with Gasteiger partial charge < -0.3 is 10.4 Å². The minimum Gasteiger partial charge on any atom is -0.328 e. The van der Waals surface area contributed by atoms with Crippen molar-refractivity contribution in [2.75, 3.05) is 0 Å². The number of nitrogens with zero attached hydrogens (tertiary/aromatic N) is 2. The highest BCUT2D eigenvalue weighted by Gasteiger charge is 1.84. The maximum absolute atomic E-state index is 8.36. The molecule has 0 amide bonds. The molecule has 0 saturated heterocycles. The summed E-state index contributed by atoms with van der Waals surface area (Å²) in [6.07, 6.45) is 4.24. The molecule has 2 rings (SSSR count). The summed E-state index contributed by atoms with van der Waals surface area (Å²) >= 11 is 0. The Morgan fingerprint density at radius 2 is 0.909 bits per heavy atom. The summed E-state index contributed by atoms with van der Waals surface area (Å²) < 4.78 is 0. The van der Waals surface area contributed by atoms with Crippen LogP contribution in [0.1, 0.15) is 11.1 Å². The minimum absolute atomic E-state index is 1.23. The number of hydrogen-bond donors (Lipinski definition) is 2. The predicted molar refractivity (Wildman–Crippen MR) is 79.4 cm³/mol. The van der Waals surface area contributed by atoms with Crippen LogP contribution in [0.4, 0.5) is 0 Å². The first kappa shape index (κ1) is 18.6. The zero-order chi connectivity index (χ0) is 16.8. The largest absolute Gasteiger partial charge is 0.328 e. The Morgan fingerprint density at radius 3 is 1.14 bits per heavy atom. The Balaban J connectivity index is 0.000000464. The van der Waals surface area contributed by atoms with Crippen molar-refractivity contribution in [1.82, 2.24) is 0 Å². The first-order valence-electron chi connectivity index (χ1n) is 5.86. The van der Waals surface area contributed by atoms with Gasteiger partial charge in [-0.3, -0.25) is 0 Å². The molecule has 0 radical (unpaired) electrons. The molecule has 0 saturated carbocycles. The molecule has 116 valence electrons. The van der Waals surface area contributed by atoms with Gasteiger partial charge in [-0.1, -0.05) is 72.8 Å². The molecular formula is C14H14N2O6. The molecule has 0 spiro atoms. The summed E-state index contributed by atoms with van der Waals surface area (Å²) in [5.74, 6) is 0. The first-order valence-corrected chi connectivity index (χ1v) is 5.86. The van der Waals surface area contributed by atoms with Gasteiger partial charge in [-0.25, -0.2) is 0 Å². The van der Waals surface area contributed by atoms with Crippen molar-refractivity contribution in [3.05, 3.63) is 92.0 Å². The first-order chi connectivity index (χ1) is 10.4. The van der Waals surface area contributed by atoms with E-state index >= 15 is 0 Å². The van der Waals surface area contributed by atoms with E-state index < -0.39 is 10.2 Å². The van der Waals surface area contributed by atoms with Gasteiger partial charge in [0.15, 0.2) is 0 Å². The second-order valence-electron chi connectivity index (χ2n) is 3.63. The number of benzene rings is 2. The van der Waals surface area contributed by atoms with E-state index in [0.717, 1.165) is 0 Å². The Labute approximate surface area is 125 Å². The zero-order valence-corrected chi connectivity index (χ0v) is 11.4. The fraction of sp³-hybridized carbons (Fsp3) is 0. The molecule has 0 aromatic heterocycles. The molecule has 8 heteroatoms. The van der Waals surface area contributed by atoms with Crippen molar-refractivity contribution < 1.29 is 20.6 Å². The Kier molecular flexibility index (Phi) is 9.64. The number of hydrogen-bond acceptors (Lipinski definition) is 4. The van der Waals surface area contributed by atoms with Crippen LogP contribution in [0.2, 0.25) is 0 Å². The van der Waals surface area contributed by atoms with Crippen LogP contribution in [0.15, 0.2) is 60.7 Å². The molecule has 0 unspecified atom stereocenters. The molecule has 0 fully saturated rings. The van der Waals surface area contributed by atoms with Gasteiger partial charge in [0, 0.05) is 0 Å². The minimum atomic E-state index is -1.50. The maximum atomic E-state index is 8.36. The van der Waals surface area contributed by atoms with Gasteiger partial charge in [0.05, 0.1) is 0 Å². The van der Waals surface area contributed by atoms with Gasteiger partial charge in [-0.2, -0.15) is 0 Å². The lowest BCUT2D eigenvalue weighted by atomic mass is 10.1. The van der Waals surface area contributed by atoms with Crippen molar-refractivity contribution in [2.45, 2.75) is 0 Å². The van der Waals surface area contributed by atoms with E-state index in [1.54, 1.807) is 0 Å². The lowest BCUT2D eigenvalue weighted by Crippen LogP contribution is -1.81. The average Bonchev–Trinajstić information content (AvgIpc) is 2.46. The SMILES string of the molecule is C(=Cc1ccccc1)c1ccccc1.O=[N+]([O-])O.O=[N+]([O-])O. The summed E-state index contributed by atoms with van der Waals surface area (Å²) in [4.78, 5) is 16.7. The van der Waals surface area contributed by atoms with E-state index in [0.29, 0.717) is 0 Å². The van der Waals surface area contributed by atoms with Crippen LogP contribution in [0, 0.1) is 20.2 Å². The van der Waals surface area contributed by atoms with E-state index in [9.17, 15) is 0 Å². The highest BCUT2D eigenvalue weighted by atomic mass is 16.9. The standard InChI is InChI=1S/C14H12.2HNO3/c1-3-7-13(8-4-1)11-12-14-9-5-2-6-10-14;2*2-1(3)4/h1-12H;2*(H,2,3,4). The molecular weight excluding hydrogens is 292 g/mol. The Hall–Kier alpha value is -3.42. The fourth-order valence-corrected chi connectivity index (χ4v) is 1.32. The van der Waals surface area contributed by atoms with Crippen molar-refractivity contribution in [1.29, 1.82) is 0 Å². The van der Waals surface area contributed by atoms with Crippen LogP contribution < -0.4 is 0 Å². The van der Waals surface area contributed by atoms with Crippen LogP contribution in [0.25, 0.3) is 12.2 Å². The third-order valence-corrected chi connectivity index (χ3v) is 2.07. The van der Waals surface area contributed by atoms with Gasteiger partial charge in [0.25, 0.3) is 10.2 Å². The highest BCUT2D eigenvalue weighted by molar-refractivity contribution is 5.69. The molecule has 0 heterocycles. The van der Waals surface area contributed by atoms with Crippen molar-refractivity contribution in [3.63, 3.8) is 0 Å². The lowest BCUT2D eigenvalue weighted by molar-refractivity contribution is -0.742. The quantitative estimate of drug-likeness (QED) is 0.498. The van der Waals surface area contributed by atoms with Gasteiger partial charge >= 0.3 is 0 Å². The van der Waals surface area contributed by atoms with E-state index in [-0.39, 0.29) is 0 Å². The molecule has 2 aromatic rings. The van der Waals surface area contributed by atoms with Crippen molar-refractivity contribution >= 4 is 12.2 Å². The zero-order valence-electron chi connectivity index (χ0n) is 11.4. The van der Waals surface area contributed by atoms with E-state index in [4.69, 9.17) is 30.6 Å². The Bertz CT molecular complexity index is 525.